The number of nitrogens with one attached hydrogen (secondary N) is 1. The lowest BCUT2D eigenvalue weighted by molar-refractivity contribution is 0.424. The van der Waals surface area contributed by atoms with Gasteiger partial charge in [-0.15, -0.1) is 11.3 Å². The van der Waals surface area contributed by atoms with E-state index in [1.807, 2.05) is 6.92 Å². The molecule has 0 spiro atoms. The van der Waals surface area contributed by atoms with Gasteiger partial charge in [0.15, 0.2) is 0 Å². The fourth-order valence-corrected chi connectivity index (χ4v) is 4.94. The van der Waals surface area contributed by atoms with Gasteiger partial charge in [0.1, 0.15) is 0 Å². The van der Waals surface area contributed by atoms with E-state index < -0.39 is 10.0 Å². The van der Waals surface area contributed by atoms with Crippen LogP contribution < -0.4 is 10.5 Å². The smallest absolute Gasteiger partial charge is 0.241 e. The molecule has 1 heterocycles. The van der Waals surface area contributed by atoms with E-state index in [2.05, 4.69) is 4.72 Å². The Hall–Kier alpha value is -0.430. The minimum atomic E-state index is -3.38. The highest BCUT2D eigenvalue weighted by Crippen LogP contribution is 2.28. The van der Waals surface area contributed by atoms with Crippen molar-refractivity contribution in [1.29, 1.82) is 0 Å². The van der Waals surface area contributed by atoms with E-state index in [9.17, 15) is 8.42 Å². The summed E-state index contributed by atoms with van der Waals surface area (Å²) >= 11 is 1.39. The van der Waals surface area contributed by atoms with Gasteiger partial charge in [-0.25, -0.2) is 13.1 Å². The predicted molar refractivity (Wildman–Crippen MR) is 74.0 cm³/mol. The zero-order valence-electron chi connectivity index (χ0n) is 10.6. The van der Waals surface area contributed by atoms with Crippen LogP contribution in [0.2, 0.25) is 0 Å². The molecule has 4 nitrogen and oxygen atoms in total. The number of rotatable bonds is 5. The molecular weight excluding hydrogens is 268 g/mol. The second kappa shape index (κ2) is 5.69. The minimum absolute atomic E-state index is 0.0127. The second-order valence-corrected chi connectivity index (χ2v) is 7.62. The van der Waals surface area contributed by atoms with E-state index in [-0.39, 0.29) is 6.04 Å². The molecule has 0 saturated heterocycles. The molecular formula is C12H20N2O2S2. The van der Waals surface area contributed by atoms with Crippen LogP contribution in [-0.4, -0.2) is 14.5 Å². The Bertz CT molecular complexity index is 490. The third-order valence-corrected chi connectivity index (χ3v) is 6.24. The van der Waals surface area contributed by atoms with Gasteiger partial charge in [0.25, 0.3) is 0 Å². The van der Waals surface area contributed by atoms with E-state index in [0.717, 1.165) is 17.7 Å². The summed E-state index contributed by atoms with van der Waals surface area (Å²) in [4.78, 5) is 1.24. The highest BCUT2D eigenvalue weighted by molar-refractivity contribution is 7.89. The van der Waals surface area contributed by atoms with E-state index in [1.165, 1.54) is 24.2 Å². The van der Waals surface area contributed by atoms with Gasteiger partial charge in [0.2, 0.25) is 10.0 Å². The van der Waals surface area contributed by atoms with Crippen LogP contribution in [-0.2, 0) is 16.6 Å². The number of nitrogens with two attached hydrogens (primary N) is 1. The maximum Gasteiger partial charge on any atom is 0.241 e. The monoisotopic (exact) mass is 288 g/mol. The lowest BCUT2D eigenvalue weighted by Gasteiger charge is -2.19. The second-order valence-electron chi connectivity index (χ2n) is 4.91. The summed E-state index contributed by atoms with van der Waals surface area (Å²) < 4.78 is 27.2. The fraction of sp³-hybridized carbons (Fsp3) is 0.667. The lowest BCUT2D eigenvalue weighted by atomic mass is 10.0. The topological polar surface area (TPSA) is 72.2 Å². The summed E-state index contributed by atoms with van der Waals surface area (Å²) in [6.07, 6.45) is 4.68. The molecule has 1 atom stereocenters. The Kier molecular flexibility index (Phi) is 4.42. The lowest BCUT2D eigenvalue weighted by Crippen LogP contribution is -2.37. The number of sulfonamides is 1. The van der Waals surface area contributed by atoms with Crippen LogP contribution in [0.1, 0.15) is 37.5 Å². The molecule has 0 aromatic carbocycles. The molecule has 3 N–H and O–H groups in total. The molecule has 102 valence electrons. The van der Waals surface area contributed by atoms with Crippen LogP contribution in [0.4, 0.5) is 0 Å². The van der Waals surface area contributed by atoms with Crippen molar-refractivity contribution >= 4 is 21.4 Å². The van der Waals surface area contributed by atoms with Crippen LogP contribution in [0.15, 0.2) is 16.3 Å². The first-order chi connectivity index (χ1) is 8.53. The Balaban J connectivity index is 2.06. The average Bonchev–Trinajstić information content (AvgIpc) is 3.00. The zero-order chi connectivity index (χ0) is 13.2. The van der Waals surface area contributed by atoms with Crippen molar-refractivity contribution < 1.29 is 8.42 Å². The third-order valence-electron chi connectivity index (χ3n) is 3.59. The Labute approximate surface area is 113 Å². The molecule has 1 aromatic heterocycles. The largest absolute Gasteiger partial charge is 0.326 e. The van der Waals surface area contributed by atoms with Crippen LogP contribution in [0, 0.1) is 5.92 Å². The summed E-state index contributed by atoms with van der Waals surface area (Å²) in [5.41, 5.74) is 5.50. The molecule has 0 bridgehead atoms. The molecule has 1 aliphatic rings. The fourth-order valence-electron chi connectivity index (χ4n) is 2.47. The molecule has 2 rings (SSSR count). The maximum absolute atomic E-state index is 12.2. The van der Waals surface area contributed by atoms with Crippen molar-refractivity contribution in [3.8, 4) is 0 Å². The first-order valence-electron chi connectivity index (χ1n) is 6.33. The number of hydrogen-bond acceptors (Lipinski definition) is 4. The number of hydrogen-bond donors (Lipinski definition) is 2. The van der Waals surface area contributed by atoms with Crippen molar-refractivity contribution in [3.05, 3.63) is 16.3 Å². The van der Waals surface area contributed by atoms with Crippen molar-refractivity contribution in [2.24, 2.45) is 11.7 Å². The molecule has 1 aromatic rings. The normalized spacial score (nSPS) is 19.2. The summed E-state index contributed by atoms with van der Waals surface area (Å²) in [5.74, 6) is 0.479. The SMILES string of the molecule is CC(NS(=O)(=O)c1csc(CN)c1)C1CCCC1. The van der Waals surface area contributed by atoms with Gasteiger partial charge >= 0.3 is 0 Å². The molecule has 1 unspecified atom stereocenters. The molecule has 6 heteroatoms. The molecule has 18 heavy (non-hydrogen) atoms. The first-order valence-corrected chi connectivity index (χ1v) is 8.69. The van der Waals surface area contributed by atoms with Crippen molar-refractivity contribution in [2.75, 3.05) is 0 Å². The maximum atomic E-state index is 12.2. The van der Waals surface area contributed by atoms with Crippen LogP contribution >= 0.6 is 11.3 Å². The van der Waals surface area contributed by atoms with E-state index >= 15 is 0 Å². The summed E-state index contributed by atoms with van der Waals surface area (Å²) in [5, 5.41) is 1.66. The quantitative estimate of drug-likeness (QED) is 0.871. The van der Waals surface area contributed by atoms with Crippen molar-refractivity contribution in [1.82, 2.24) is 4.72 Å². The zero-order valence-corrected chi connectivity index (χ0v) is 12.2. The van der Waals surface area contributed by atoms with Gasteiger partial charge in [-0.3, -0.25) is 0 Å². The van der Waals surface area contributed by atoms with Gasteiger partial charge in [-0.1, -0.05) is 12.8 Å². The van der Waals surface area contributed by atoms with Gasteiger partial charge in [0, 0.05) is 22.8 Å². The summed E-state index contributed by atoms with van der Waals surface area (Å²) in [7, 11) is -3.38. The Morgan fingerprint density at radius 1 is 1.50 bits per heavy atom. The standard InChI is InChI=1S/C12H20N2O2S2/c1-9(10-4-2-3-5-10)14-18(15,16)12-6-11(7-13)17-8-12/h6,8-10,14H,2-5,7,13H2,1H3. The van der Waals surface area contributed by atoms with Crippen molar-refractivity contribution in [2.45, 2.75) is 50.1 Å². The van der Waals surface area contributed by atoms with Crippen LogP contribution in [0.5, 0.6) is 0 Å². The van der Waals surface area contributed by atoms with E-state index in [1.54, 1.807) is 11.4 Å². The Morgan fingerprint density at radius 2 is 2.17 bits per heavy atom. The molecule has 1 fully saturated rings. The minimum Gasteiger partial charge on any atom is -0.326 e. The van der Waals surface area contributed by atoms with Gasteiger partial charge < -0.3 is 5.73 Å². The third kappa shape index (κ3) is 3.12. The van der Waals surface area contributed by atoms with Gasteiger partial charge in [-0.2, -0.15) is 0 Å². The molecule has 0 radical (unpaired) electrons. The molecule has 1 aliphatic carbocycles. The summed E-state index contributed by atoms with van der Waals surface area (Å²) in [6, 6.07) is 1.67. The average molecular weight is 288 g/mol. The number of thiophene rings is 1. The predicted octanol–water partition coefficient (Wildman–Crippen LogP) is 2.06. The highest BCUT2D eigenvalue weighted by atomic mass is 32.2. The van der Waals surface area contributed by atoms with E-state index in [4.69, 9.17) is 5.73 Å². The molecule has 0 aliphatic heterocycles. The molecule has 1 saturated carbocycles. The summed E-state index contributed by atoms with van der Waals surface area (Å²) in [6.45, 7) is 2.35. The highest BCUT2D eigenvalue weighted by Gasteiger charge is 2.26. The van der Waals surface area contributed by atoms with Crippen LogP contribution in [0.3, 0.4) is 0 Å². The van der Waals surface area contributed by atoms with Gasteiger partial charge in [0.05, 0.1) is 4.90 Å². The van der Waals surface area contributed by atoms with Crippen molar-refractivity contribution in [3.63, 3.8) is 0 Å². The first kappa shape index (κ1) is 14.0. The van der Waals surface area contributed by atoms with Crippen LogP contribution in [0.25, 0.3) is 0 Å². The van der Waals surface area contributed by atoms with Gasteiger partial charge in [-0.05, 0) is 31.7 Å². The Morgan fingerprint density at radius 3 is 2.72 bits per heavy atom. The van der Waals surface area contributed by atoms with E-state index in [0.29, 0.717) is 17.4 Å². The molecule has 0 amide bonds.